The van der Waals surface area contributed by atoms with Crippen LogP contribution in [-0.2, 0) is 14.3 Å². The zero-order valence-corrected chi connectivity index (χ0v) is 9.49. The van der Waals surface area contributed by atoms with Gasteiger partial charge in [-0.1, -0.05) is 34.8 Å². The molecule has 2 amide bonds. The zero-order valence-electron chi connectivity index (χ0n) is 7.22. The normalized spacial score (nSPS) is 11.4. The van der Waals surface area contributed by atoms with Crippen LogP contribution in [-0.4, -0.2) is 22.2 Å². The van der Waals surface area contributed by atoms with Gasteiger partial charge < -0.3 is 4.74 Å². The van der Waals surface area contributed by atoms with Gasteiger partial charge in [0.2, 0.25) is 0 Å². The predicted octanol–water partition coefficient (Wildman–Crippen LogP) is 1.55. The highest BCUT2D eigenvalue weighted by atomic mass is 35.6. The second-order valence-corrected chi connectivity index (χ2v) is 4.36. The van der Waals surface area contributed by atoms with E-state index in [9.17, 15) is 9.59 Å². The number of imide groups is 1. The fraction of sp³-hybridized carbons (Fsp3) is 0.429. The molecule has 0 aromatic rings. The van der Waals surface area contributed by atoms with Crippen molar-refractivity contribution in [3.05, 3.63) is 12.3 Å². The molecular weight excluding hydrogens is 252 g/mol. The molecule has 0 atom stereocenters. The molecule has 0 heterocycles. The van der Waals surface area contributed by atoms with Crippen LogP contribution in [0.1, 0.15) is 6.92 Å². The van der Waals surface area contributed by atoms with E-state index in [1.807, 2.05) is 5.32 Å². The number of nitrogens with one attached hydrogen (secondary N) is 1. The monoisotopic (exact) mass is 259 g/mol. The lowest BCUT2D eigenvalue weighted by molar-refractivity contribution is -0.127. The third kappa shape index (κ3) is 6.07. The van der Waals surface area contributed by atoms with Crippen LogP contribution in [0, 0.1) is 0 Å². The first-order chi connectivity index (χ1) is 6.38. The van der Waals surface area contributed by atoms with Gasteiger partial charge in [-0.2, -0.15) is 0 Å². The molecule has 14 heavy (non-hydrogen) atoms. The molecule has 0 aliphatic heterocycles. The SMILES string of the molecule is CCO/C=C/C(=O)NC(=O)C(Cl)(Cl)Cl. The summed E-state index contributed by atoms with van der Waals surface area (Å²) in [6, 6.07) is 0. The first kappa shape index (κ1) is 13.5. The van der Waals surface area contributed by atoms with Gasteiger partial charge in [0.15, 0.2) is 0 Å². The van der Waals surface area contributed by atoms with Crippen LogP contribution in [0.15, 0.2) is 12.3 Å². The van der Waals surface area contributed by atoms with E-state index in [4.69, 9.17) is 39.5 Å². The second-order valence-electron chi connectivity index (χ2n) is 2.07. The van der Waals surface area contributed by atoms with E-state index in [0.717, 1.165) is 12.3 Å². The number of amides is 2. The van der Waals surface area contributed by atoms with E-state index in [0.29, 0.717) is 6.61 Å². The van der Waals surface area contributed by atoms with Gasteiger partial charge in [-0.15, -0.1) is 0 Å². The van der Waals surface area contributed by atoms with E-state index >= 15 is 0 Å². The lowest BCUT2D eigenvalue weighted by atomic mass is 10.5. The molecule has 0 aromatic carbocycles. The summed E-state index contributed by atoms with van der Waals surface area (Å²) >= 11 is 15.6. The van der Waals surface area contributed by atoms with E-state index in [1.165, 1.54) is 0 Å². The minimum atomic E-state index is -2.14. The van der Waals surface area contributed by atoms with Crippen LogP contribution >= 0.6 is 34.8 Å². The van der Waals surface area contributed by atoms with Crippen LogP contribution in [0.5, 0.6) is 0 Å². The molecular formula is C7H8Cl3NO3. The van der Waals surface area contributed by atoms with Crippen LogP contribution in [0.25, 0.3) is 0 Å². The maximum Gasteiger partial charge on any atom is 0.278 e. The molecule has 80 valence electrons. The van der Waals surface area contributed by atoms with Gasteiger partial charge in [0, 0.05) is 6.08 Å². The highest BCUT2D eigenvalue weighted by molar-refractivity contribution is 6.76. The van der Waals surface area contributed by atoms with Crippen molar-refractivity contribution in [1.29, 1.82) is 0 Å². The lowest BCUT2D eigenvalue weighted by Crippen LogP contribution is -2.37. The maximum atomic E-state index is 10.9. The smallest absolute Gasteiger partial charge is 0.278 e. The summed E-state index contributed by atoms with van der Waals surface area (Å²) in [4.78, 5) is 21.8. The Morgan fingerprint density at radius 3 is 2.43 bits per heavy atom. The number of hydrogen-bond acceptors (Lipinski definition) is 3. The second kappa shape index (κ2) is 6.11. The van der Waals surface area contributed by atoms with Gasteiger partial charge in [-0.25, -0.2) is 0 Å². The summed E-state index contributed by atoms with van der Waals surface area (Å²) in [6.45, 7) is 2.16. The Balaban J connectivity index is 4.02. The van der Waals surface area contributed by atoms with E-state index in [2.05, 4.69) is 0 Å². The Bertz CT molecular complexity index is 247. The summed E-state index contributed by atoms with van der Waals surface area (Å²) in [6.07, 6.45) is 2.15. The molecule has 0 unspecified atom stereocenters. The molecule has 4 nitrogen and oxygen atoms in total. The molecule has 0 saturated carbocycles. The molecule has 7 heteroatoms. The summed E-state index contributed by atoms with van der Waals surface area (Å²) in [5.41, 5.74) is 0. The van der Waals surface area contributed by atoms with Gasteiger partial charge >= 0.3 is 0 Å². The Morgan fingerprint density at radius 1 is 1.43 bits per heavy atom. The summed E-state index contributed by atoms with van der Waals surface area (Å²) in [5.74, 6) is -1.72. The van der Waals surface area contributed by atoms with Crippen molar-refractivity contribution in [2.45, 2.75) is 10.7 Å². The van der Waals surface area contributed by atoms with Gasteiger partial charge in [0.1, 0.15) is 0 Å². The van der Waals surface area contributed by atoms with Crippen LogP contribution in [0.2, 0.25) is 0 Å². The minimum absolute atomic E-state index is 0.419. The number of halogens is 3. The van der Waals surface area contributed by atoms with Crippen molar-refractivity contribution < 1.29 is 14.3 Å². The standard InChI is InChI=1S/C7H8Cl3NO3/c1-2-14-4-3-5(12)11-6(13)7(8,9)10/h3-4H,2H2,1H3,(H,11,12,13)/b4-3+. The van der Waals surface area contributed by atoms with Crippen molar-refractivity contribution in [1.82, 2.24) is 5.32 Å². The highest BCUT2D eigenvalue weighted by Crippen LogP contribution is 2.25. The number of ether oxygens (including phenoxy) is 1. The van der Waals surface area contributed by atoms with Crippen LogP contribution < -0.4 is 5.32 Å². The molecule has 0 aliphatic carbocycles. The maximum absolute atomic E-state index is 10.9. The number of rotatable bonds is 3. The first-order valence-corrected chi connectivity index (χ1v) is 4.71. The quantitative estimate of drug-likeness (QED) is 0.476. The summed E-state index contributed by atoms with van der Waals surface area (Å²) in [5, 5.41) is 1.84. The van der Waals surface area contributed by atoms with Crippen molar-refractivity contribution in [3.8, 4) is 0 Å². The van der Waals surface area contributed by atoms with Gasteiger partial charge in [-0.05, 0) is 6.92 Å². The van der Waals surface area contributed by atoms with Crippen molar-refractivity contribution in [3.63, 3.8) is 0 Å². The van der Waals surface area contributed by atoms with E-state index in [-0.39, 0.29) is 0 Å². The molecule has 0 bridgehead atoms. The van der Waals surface area contributed by atoms with Crippen molar-refractivity contribution in [2.75, 3.05) is 6.61 Å². The van der Waals surface area contributed by atoms with E-state index < -0.39 is 15.6 Å². The average Bonchev–Trinajstić information content (AvgIpc) is 2.03. The molecule has 1 N–H and O–H groups in total. The van der Waals surface area contributed by atoms with Crippen LogP contribution in [0.3, 0.4) is 0 Å². The van der Waals surface area contributed by atoms with E-state index in [1.54, 1.807) is 6.92 Å². The minimum Gasteiger partial charge on any atom is -0.501 e. The predicted molar refractivity (Wildman–Crippen MR) is 54.2 cm³/mol. The summed E-state index contributed by atoms with van der Waals surface area (Å²) < 4.78 is 2.58. The number of carbonyl (C=O) groups is 2. The Hall–Kier alpha value is -0.450. The van der Waals surface area contributed by atoms with Crippen molar-refractivity contribution >= 4 is 46.6 Å². The Morgan fingerprint density at radius 2 is 2.00 bits per heavy atom. The van der Waals surface area contributed by atoms with Gasteiger partial charge in [0.05, 0.1) is 12.9 Å². The molecule has 0 spiro atoms. The zero-order chi connectivity index (χ0) is 11.2. The summed E-state index contributed by atoms with van der Waals surface area (Å²) in [7, 11) is 0. The fourth-order valence-electron chi connectivity index (χ4n) is 0.431. The molecule has 0 aliphatic rings. The molecule has 0 aromatic heterocycles. The lowest BCUT2D eigenvalue weighted by Gasteiger charge is -2.08. The van der Waals surface area contributed by atoms with Gasteiger partial charge in [-0.3, -0.25) is 14.9 Å². The van der Waals surface area contributed by atoms with Crippen molar-refractivity contribution in [2.24, 2.45) is 0 Å². The molecule has 0 saturated heterocycles. The molecule has 0 fully saturated rings. The number of hydrogen-bond donors (Lipinski definition) is 1. The molecule has 0 rings (SSSR count). The van der Waals surface area contributed by atoms with Crippen LogP contribution in [0.4, 0.5) is 0 Å². The Kier molecular flexibility index (Phi) is 5.92. The number of alkyl halides is 3. The highest BCUT2D eigenvalue weighted by Gasteiger charge is 2.31. The third-order valence-corrected chi connectivity index (χ3v) is 1.49. The Labute approximate surface area is 96.1 Å². The topological polar surface area (TPSA) is 55.4 Å². The first-order valence-electron chi connectivity index (χ1n) is 3.58. The van der Waals surface area contributed by atoms with Gasteiger partial charge in [0.25, 0.3) is 15.6 Å². The molecule has 0 radical (unpaired) electrons. The largest absolute Gasteiger partial charge is 0.501 e. The number of carbonyl (C=O) groups excluding carboxylic acids is 2. The third-order valence-electron chi connectivity index (χ3n) is 0.977. The average molecular weight is 261 g/mol. The fourth-order valence-corrected chi connectivity index (χ4v) is 0.572.